The third-order valence-electron chi connectivity index (χ3n) is 2.95. The van der Waals surface area contributed by atoms with Crippen LogP contribution in [0.15, 0.2) is 36.7 Å². The van der Waals surface area contributed by atoms with Crippen LogP contribution in [0, 0.1) is 0 Å². The minimum atomic E-state index is 0.177. The van der Waals surface area contributed by atoms with Crippen molar-refractivity contribution in [1.82, 2.24) is 9.78 Å². The molecule has 1 N–H and O–H groups in total. The van der Waals surface area contributed by atoms with Crippen LogP contribution in [0.25, 0.3) is 0 Å². The zero-order chi connectivity index (χ0) is 13.0. The first-order chi connectivity index (χ1) is 8.74. The molecule has 1 unspecified atom stereocenters. The summed E-state index contributed by atoms with van der Waals surface area (Å²) in [6.07, 6.45) is 3.85. The summed E-state index contributed by atoms with van der Waals surface area (Å²) in [4.78, 5) is 0. The fraction of sp³-hybridized carbons (Fsp3) is 0.357. The number of nitrogens with one attached hydrogen (secondary N) is 1. The van der Waals surface area contributed by atoms with E-state index < -0.39 is 0 Å². The molecule has 2 aromatic rings. The van der Waals surface area contributed by atoms with E-state index in [9.17, 15) is 0 Å². The number of benzene rings is 1. The second-order valence-electron chi connectivity index (χ2n) is 4.19. The van der Waals surface area contributed by atoms with Crippen molar-refractivity contribution in [3.05, 3.63) is 42.2 Å². The Morgan fingerprint density at radius 3 is 2.83 bits per heavy atom. The number of hydrogen-bond donors (Lipinski definition) is 1. The second kappa shape index (κ2) is 5.58. The van der Waals surface area contributed by atoms with E-state index in [2.05, 4.69) is 30.3 Å². The molecule has 1 atom stereocenters. The maximum atomic E-state index is 5.37. The molecule has 0 spiro atoms. The van der Waals surface area contributed by atoms with Crippen molar-refractivity contribution in [3.63, 3.8) is 0 Å². The molecule has 1 aromatic heterocycles. The van der Waals surface area contributed by atoms with Crippen molar-refractivity contribution in [2.45, 2.75) is 26.4 Å². The number of para-hydroxylation sites is 1. The van der Waals surface area contributed by atoms with Gasteiger partial charge in [0.05, 0.1) is 25.0 Å². The van der Waals surface area contributed by atoms with E-state index in [0.29, 0.717) is 0 Å². The molecule has 2 rings (SSSR count). The van der Waals surface area contributed by atoms with Crippen LogP contribution < -0.4 is 10.1 Å². The first kappa shape index (κ1) is 12.5. The highest BCUT2D eigenvalue weighted by Crippen LogP contribution is 2.27. The molecule has 0 saturated carbocycles. The van der Waals surface area contributed by atoms with E-state index in [4.69, 9.17) is 4.74 Å². The highest BCUT2D eigenvalue weighted by molar-refractivity contribution is 5.45. The maximum absolute atomic E-state index is 5.37. The van der Waals surface area contributed by atoms with Crippen LogP contribution in [0.3, 0.4) is 0 Å². The lowest BCUT2D eigenvalue weighted by Crippen LogP contribution is -2.07. The molecule has 0 saturated heterocycles. The smallest absolute Gasteiger partial charge is 0.124 e. The summed E-state index contributed by atoms with van der Waals surface area (Å²) in [6.45, 7) is 5.06. The normalized spacial score (nSPS) is 12.2. The van der Waals surface area contributed by atoms with E-state index in [1.807, 2.05) is 35.3 Å². The van der Waals surface area contributed by atoms with Crippen molar-refractivity contribution in [3.8, 4) is 5.75 Å². The van der Waals surface area contributed by atoms with Crippen LogP contribution in [-0.4, -0.2) is 16.9 Å². The Kier molecular flexibility index (Phi) is 3.87. The third kappa shape index (κ3) is 2.64. The van der Waals surface area contributed by atoms with Gasteiger partial charge in [-0.25, -0.2) is 0 Å². The summed E-state index contributed by atoms with van der Waals surface area (Å²) in [5, 5.41) is 7.67. The zero-order valence-electron chi connectivity index (χ0n) is 11.1. The molecule has 0 aliphatic rings. The zero-order valence-corrected chi connectivity index (χ0v) is 11.1. The Morgan fingerprint density at radius 1 is 1.39 bits per heavy atom. The van der Waals surface area contributed by atoms with Gasteiger partial charge >= 0.3 is 0 Å². The third-order valence-corrected chi connectivity index (χ3v) is 2.95. The van der Waals surface area contributed by atoms with Crippen molar-refractivity contribution >= 4 is 5.69 Å². The van der Waals surface area contributed by atoms with Crippen molar-refractivity contribution < 1.29 is 4.74 Å². The van der Waals surface area contributed by atoms with Crippen molar-refractivity contribution in [1.29, 1.82) is 0 Å². The fourth-order valence-electron chi connectivity index (χ4n) is 1.96. The number of anilines is 1. The van der Waals surface area contributed by atoms with Gasteiger partial charge in [0.15, 0.2) is 0 Å². The van der Waals surface area contributed by atoms with Gasteiger partial charge < -0.3 is 10.1 Å². The second-order valence-corrected chi connectivity index (χ2v) is 4.19. The van der Waals surface area contributed by atoms with Crippen LogP contribution in [0.5, 0.6) is 5.75 Å². The molecule has 96 valence electrons. The number of rotatable bonds is 5. The standard InChI is InChI=1S/C14H19N3O/c1-4-17-10-12(9-15-17)16-11(2)13-7-5-6-8-14(13)18-3/h5-11,16H,4H2,1-3H3. The Balaban J connectivity index is 2.13. The molecule has 0 radical (unpaired) electrons. The molecule has 18 heavy (non-hydrogen) atoms. The van der Waals surface area contributed by atoms with Crippen molar-refractivity contribution in [2.24, 2.45) is 0 Å². The first-order valence-corrected chi connectivity index (χ1v) is 6.16. The molecule has 4 heteroatoms. The predicted octanol–water partition coefficient (Wildman–Crippen LogP) is 3.08. The largest absolute Gasteiger partial charge is 0.496 e. The summed E-state index contributed by atoms with van der Waals surface area (Å²) >= 11 is 0. The summed E-state index contributed by atoms with van der Waals surface area (Å²) in [5.74, 6) is 0.903. The number of nitrogens with zero attached hydrogens (tertiary/aromatic N) is 2. The lowest BCUT2D eigenvalue weighted by molar-refractivity contribution is 0.408. The van der Waals surface area contributed by atoms with Gasteiger partial charge in [-0.15, -0.1) is 0 Å². The molecular weight excluding hydrogens is 226 g/mol. The molecule has 0 aliphatic carbocycles. The van der Waals surface area contributed by atoms with Crippen molar-refractivity contribution in [2.75, 3.05) is 12.4 Å². The average molecular weight is 245 g/mol. The van der Waals surface area contributed by atoms with Crippen LogP contribution in [0.2, 0.25) is 0 Å². The van der Waals surface area contributed by atoms with E-state index in [1.54, 1.807) is 7.11 Å². The molecule has 0 amide bonds. The van der Waals surface area contributed by atoms with Crippen LogP contribution in [0.1, 0.15) is 25.5 Å². The number of aryl methyl sites for hydroxylation is 1. The molecule has 0 aliphatic heterocycles. The van der Waals surface area contributed by atoms with Gasteiger partial charge in [-0.05, 0) is 19.9 Å². The SMILES string of the molecule is CCn1cc(NC(C)c2ccccc2OC)cn1. The van der Waals surface area contributed by atoms with E-state index >= 15 is 0 Å². The van der Waals surface area contributed by atoms with Crippen LogP contribution >= 0.6 is 0 Å². The molecule has 1 aromatic carbocycles. The van der Waals surface area contributed by atoms with Gasteiger partial charge in [0.1, 0.15) is 5.75 Å². The molecule has 0 bridgehead atoms. The summed E-state index contributed by atoms with van der Waals surface area (Å²) in [5.41, 5.74) is 2.17. The van der Waals surface area contributed by atoms with Gasteiger partial charge in [0, 0.05) is 18.3 Å². The predicted molar refractivity (Wildman–Crippen MR) is 72.9 cm³/mol. The molecular formula is C14H19N3O. The Labute approximate surface area is 108 Å². The lowest BCUT2D eigenvalue weighted by Gasteiger charge is -2.17. The lowest BCUT2D eigenvalue weighted by atomic mass is 10.1. The van der Waals surface area contributed by atoms with Crippen LogP contribution in [0.4, 0.5) is 5.69 Å². The van der Waals surface area contributed by atoms with Crippen LogP contribution in [-0.2, 0) is 6.54 Å². The van der Waals surface area contributed by atoms with Gasteiger partial charge in [-0.2, -0.15) is 5.10 Å². The highest BCUT2D eigenvalue weighted by Gasteiger charge is 2.11. The Bertz CT molecular complexity index is 507. The number of hydrogen-bond acceptors (Lipinski definition) is 3. The monoisotopic (exact) mass is 245 g/mol. The molecule has 0 fully saturated rings. The molecule has 1 heterocycles. The highest BCUT2D eigenvalue weighted by atomic mass is 16.5. The number of ether oxygens (including phenoxy) is 1. The van der Waals surface area contributed by atoms with E-state index in [1.165, 1.54) is 0 Å². The van der Waals surface area contributed by atoms with E-state index in [-0.39, 0.29) is 6.04 Å². The van der Waals surface area contributed by atoms with Gasteiger partial charge in [0.2, 0.25) is 0 Å². The fourth-order valence-corrected chi connectivity index (χ4v) is 1.96. The maximum Gasteiger partial charge on any atom is 0.124 e. The summed E-state index contributed by atoms with van der Waals surface area (Å²) in [6, 6.07) is 8.22. The molecule has 4 nitrogen and oxygen atoms in total. The number of aromatic nitrogens is 2. The van der Waals surface area contributed by atoms with E-state index in [0.717, 1.165) is 23.5 Å². The topological polar surface area (TPSA) is 39.1 Å². The summed E-state index contributed by atoms with van der Waals surface area (Å²) < 4.78 is 7.27. The first-order valence-electron chi connectivity index (χ1n) is 6.16. The minimum Gasteiger partial charge on any atom is -0.496 e. The van der Waals surface area contributed by atoms with Gasteiger partial charge in [0.25, 0.3) is 0 Å². The average Bonchev–Trinajstić information content (AvgIpc) is 2.86. The Hall–Kier alpha value is -1.97. The van der Waals surface area contributed by atoms with Gasteiger partial charge in [-0.1, -0.05) is 18.2 Å². The number of methoxy groups -OCH3 is 1. The minimum absolute atomic E-state index is 0.177. The summed E-state index contributed by atoms with van der Waals surface area (Å²) in [7, 11) is 1.70. The van der Waals surface area contributed by atoms with Gasteiger partial charge in [-0.3, -0.25) is 4.68 Å². The quantitative estimate of drug-likeness (QED) is 0.879. The Morgan fingerprint density at radius 2 is 2.17 bits per heavy atom.